The van der Waals surface area contributed by atoms with Gasteiger partial charge in [-0.15, -0.1) is 0 Å². The van der Waals surface area contributed by atoms with Crippen LogP contribution in [0.4, 0.5) is 0 Å². The van der Waals surface area contributed by atoms with Crippen molar-refractivity contribution in [1.29, 1.82) is 0 Å². The zero-order valence-corrected chi connectivity index (χ0v) is 34.8. The number of hydrogen-bond acceptors (Lipinski definition) is 6. The fourth-order valence-electron chi connectivity index (χ4n) is 8.58. The van der Waals surface area contributed by atoms with Crippen molar-refractivity contribution >= 4 is 35.9 Å². The summed E-state index contributed by atoms with van der Waals surface area (Å²) in [5.74, 6) is 0. The summed E-state index contributed by atoms with van der Waals surface area (Å²) in [5, 5.41) is 6.63. The van der Waals surface area contributed by atoms with Gasteiger partial charge in [-0.2, -0.15) is 0 Å². The fourth-order valence-corrected chi connectivity index (χ4v) is 8.58. The molecule has 0 saturated carbocycles. The number of nitrogens with two attached hydrogens (primary N) is 1. The van der Waals surface area contributed by atoms with Gasteiger partial charge in [0.05, 0.1) is 27.9 Å². The Balaban J connectivity index is 1.46. The fraction of sp³-hybridized carbons (Fsp3) is 0.644. The topological polar surface area (TPSA) is 75.0 Å². The molecule has 53 heavy (non-hydrogen) atoms. The van der Waals surface area contributed by atoms with E-state index in [-0.39, 0.29) is 6.04 Å². The SMILES string of the molecule is CCCCCCCCNC1(C(N)CCCCCCC)c2cc(B3OC(C)(C)C(C)(C)O3)ccc2-c2ccc3cc(B4OC(C)(C)C(C)(C)O4)ccc3c21. The van der Waals surface area contributed by atoms with E-state index in [9.17, 15) is 0 Å². The second-order valence-corrected chi connectivity index (χ2v) is 18.3. The molecule has 2 atom stereocenters. The molecule has 2 saturated heterocycles. The maximum absolute atomic E-state index is 7.64. The van der Waals surface area contributed by atoms with E-state index < -0.39 is 42.2 Å². The quantitative estimate of drug-likeness (QED) is 0.107. The number of unbranched alkanes of at least 4 members (excludes halogenated alkanes) is 9. The van der Waals surface area contributed by atoms with Crippen LogP contribution in [-0.2, 0) is 24.2 Å². The molecular weight excluding hydrogens is 654 g/mol. The first-order chi connectivity index (χ1) is 25.1. The molecule has 6 rings (SSSR count). The van der Waals surface area contributed by atoms with Crippen molar-refractivity contribution < 1.29 is 18.6 Å². The molecule has 0 aromatic heterocycles. The number of hydrogen-bond donors (Lipinski definition) is 2. The third-order valence-electron chi connectivity index (χ3n) is 13.4. The molecule has 2 unspecified atom stereocenters. The highest BCUT2D eigenvalue weighted by Crippen LogP contribution is 2.52. The minimum atomic E-state index is -0.580. The Labute approximate surface area is 322 Å². The average molecular weight is 723 g/mol. The molecule has 3 aromatic carbocycles. The van der Waals surface area contributed by atoms with E-state index in [2.05, 4.69) is 123 Å². The van der Waals surface area contributed by atoms with Crippen molar-refractivity contribution in [2.75, 3.05) is 6.54 Å². The Bertz CT molecular complexity index is 1710. The van der Waals surface area contributed by atoms with Crippen LogP contribution in [-0.4, -0.2) is 49.2 Å². The van der Waals surface area contributed by atoms with E-state index in [1.807, 2.05) is 0 Å². The van der Waals surface area contributed by atoms with Crippen LogP contribution in [0.25, 0.3) is 21.9 Å². The zero-order valence-electron chi connectivity index (χ0n) is 34.8. The first kappa shape index (κ1) is 40.5. The Morgan fingerprint density at radius 3 is 1.66 bits per heavy atom. The third-order valence-corrected chi connectivity index (χ3v) is 13.4. The molecule has 2 heterocycles. The van der Waals surface area contributed by atoms with Crippen molar-refractivity contribution in [3.8, 4) is 11.1 Å². The number of fused-ring (bicyclic) bond motifs is 5. The maximum atomic E-state index is 7.64. The second-order valence-electron chi connectivity index (χ2n) is 18.3. The minimum absolute atomic E-state index is 0.133. The van der Waals surface area contributed by atoms with Crippen molar-refractivity contribution in [2.45, 2.75) is 180 Å². The molecular formula is C45H68B2N2O4. The summed E-state index contributed by atoms with van der Waals surface area (Å²) in [5.41, 5.74) is 12.5. The van der Waals surface area contributed by atoms with Crippen LogP contribution in [0.15, 0.2) is 48.5 Å². The lowest BCUT2D eigenvalue weighted by atomic mass is 9.72. The summed E-state index contributed by atoms with van der Waals surface area (Å²) in [6.07, 6.45) is 14.5. The number of rotatable bonds is 17. The molecule has 2 fully saturated rings. The zero-order chi connectivity index (χ0) is 38.2. The van der Waals surface area contributed by atoms with Gasteiger partial charge in [0.15, 0.2) is 0 Å². The number of benzene rings is 3. The summed E-state index contributed by atoms with van der Waals surface area (Å²) in [6.45, 7) is 22.4. The van der Waals surface area contributed by atoms with E-state index in [0.717, 1.165) is 36.7 Å². The molecule has 6 nitrogen and oxygen atoms in total. The van der Waals surface area contributed by atoms with Gasteiger partial charge in [0.2, 0.25) is 0 Å². The van der Waals surface area contributed by atoms with Crippen LogP contribution >= 0.6 is 0 Å². The molecule has 3 aromatic rings. The van der Waals surface area contributed by atoms with Crippen LogP contribution in [0, 0.1) is 0 Å². The minimum Gasteiger partial charge on any atom is -0.399 e. The normalized spacial score (nSPS) is 22.8. The lowest BCUT2D eigenvalue weighted by Gasteiger charge is -2.40. The van der Waals surface area contributed by atoms with Crippen LogP contribution in [0.2, 0.25) is 0 Å². The van der Waals surface area contributed by atoms with E-state index in [1.165, 1.54) is 90.8 Å². The van der Waals surface area contributed by atoms with Gasteiger partial charge in [-0.25, -0.2) is 0 Å². The van der Waals surface area contributed by atoms with Gasteiger partial charge in [0.25, 0.3) is 0 Å². The van der Waals surface area contributed by atoms with Crippen molar-refractivity contribution in [3.63, 3.8) is 0 Å². The van der Waals surface area contributed by atoms with Crippen molar-refractivity contribution in [1.82, 2.24) is 5.32 Å². The summed E-state index contributed by atoms with van der Waals surface area (Å²) >= 11 is 0. The van der Waals surface area contributed by atoms with Gasteiger partial charge < -0.3 is 29.7 Å². The van der Waals surface area contributed by atoms with E-state index >= 15 is 0 Å². The molecule has 288 valence electrons. The Kier molecular flexibility index (Phi) is 12.0. The van der Waals surface area contributed by atoms with Crippen LogP contribution in [0.1, 0.15) is 157 Å². The van der Waals surface area contributed by atoms with Crippen LogP contribution in [0.5, 0.6) is 0 Å². The summed E-state index contributed by atoms with van der Waals surface area (Å²) in [7, 11) is -0.868. The molecule has 0 bridgehead atoms. The average Bonchev–Trinajstić information content (AvgIpc) is 3.61. The van der Waals surface area contributed by atoms with E-state index in [0.29, 0.717) is 0 Å². The Morgan fingerprint density at radius 1 is 0.585 bits per heavy atom. The molecule has 3 aliphatic rings. The predicted molar refractivity (Wildman–Crippen MR) is 224 cm³/mol. The molecule has 0 spiro atoms. The third kappa shape index (κ3) is 7.67. The van der Waals surface area contributed by atoms with Gasteiger partial charge >= 0.3 is 14.2 Å². The van der Waals surface area contributed by atoms with Gasteiger partial charge in [-0.05, 0) is 119 Å². The molecule has 0 radical (unpaired) electrons. The van der Waals surface area contributed by atoms with E-state index in [4.69, 9.17) is 24.4 Å². The van der Waals surface area contributed by atoms with Crippen LogP contribution in [0.3, 0.4) is 0 Å². The van der Waals surface area contributed by atoms with Gasteiger partial charge in [0, 0.05) is 6.04 Å². The highest BCUT2D eigenvalue weighted by Gasteiger charge is 2.54. The Hall–Kier alpha value is -2.19. The highest BCUT2D eigenvalue weighted by molar-refractivity contribution is 6.62. The van der Waals surface area contributed by atoms with Gasteiger partial charge in [0.1, 0.15) is 0 Å². The van der Waals surface area contributed by atoms with Crippen molar-refractivity contribution in [3.05, 3.63) is 59.7 Å². The standard InChI is InChI=1S/C45H68B2N2O4/c1-11-13-15-17-19-21-29-49-45(39(48)22-20-18-16-14-12-2)38-31-34(47-52-43(7,8)44(9,10)53-47)25-28-36(38)37-26-23-32-30-33(24-27-35(32)40(37)45)46-50-41(3,4)42(5,6)51-46/h23-28,30-31,39,49H,11-22,29,48H2,1-10H3. The smallest absolute Gasteiger partial charge is 0.399 e. The van der Waals surface area contributed by atoms with Crippen molar-refractivity contribution in [2.24, 2.45) is 5.73 Å². The lowest BCUT2D eigenvalue weighted by Crippen LogP contribution is -2.56. The number of nitrogens with one attached hydrogen (secondary N) is 1. The summed E-state index contributed by atoms with van der Waals surface area (Å²) in [4.78, 5) is 0. The molecule has 3 N–H and O–H groups in total. The highest BCUT2D eigenvalue weighted by atomic mass is 16.7. The first-order valence-corrected chi connectivity index (χ1v) is 21.0. The summed E-state index contributed by atoms with van der Waals surface area (Å²) < 4.78 is 26.3. The van der Waals surface area contributed by atoms with Gasteiger partial charge in [-0.3, -0.25) is 0 Å². The first-order valence-electron chi connectivity index (χ1n) is 21.0. The molecule has 2 aliphatic heterocycles. The molecule has 0 amide bonds. The largest absolute Gasteiger partial charge is 0.494 e. The lowest BCUT2D eigenvalue weighted by molar-refractivity contribution is 0.00578. The van der Waals surface area contributed by atoms with E-state index in [1.54, 1.807) is 0 Å². The Morgan fingerprint density at radius 2 is 1.08 bits per heavy atom. The molecule has 1 aliphatic carbocycles. The molecule has 8 heteroatoms. The monoisotopic (exact) mass is 723 g/mol. The second kappa shape index (κ2) is 15.7. The van der Waals surface area contributed by atoms with Crippen LogP contribution < -0.4 is 22.0 Å². The summed E-state index contributed by atoms with van der Waals surface area (Å²) in [6, 6.07) is 18.1. The predicted octanol–water partition coefficient (Wildman–Crippen LogP) is 9.30. The van der Waals surface area contributed by atoms with Gasteiger partial charge in [-0.1, -0.05) is 127 Å². The maximum Gasteiger partial charge on any atom is 0.494 e.